The number of nitrogens with two attached hydrogens (primary N) is 1. The van der Waals surface area contributed by atoms with Crippen LogP contribution in [0.15, 0.2) is 24.3 Å². The standard InChI is InChI=1S/C12H15F3N2O2/c1-8(16)11(18)17-6-9-2-4-10(5-3-9)19-7-12(13,14)15/h2-5,8H,6-7,16H2,1H3,(H,17,18). The van der Waals surface area contributed by atoms with Crippen molar-refractivity contribution in [2.45, 2.75) is 25.7 Å². The van der Waals surface area contributed by atoms with Crippen molar-refractivity contribution in [2.75, 3.05) is 6.61 Å². The van der Waals surface area contributed by atoms with Crippen LogP contribution < -0.4 is 15.8 Å². The number of benzene rings is 1. The lowest BCUT2D eigenvalue weighted by atomic mass is 10.2. The van der Waals surface area contributed by atoms with E-state index in [1.807, 2.05) is 0 Å². The molecule has 0 radical (unpaired) electrons. The van der Waals surface area contributed by atoms with Crippen LogP contribution in [0, 0.1) is 0 Å². The van der Waals surface area contributed by atoms with Gasteiger partial charge in [-0.05, 0) is 24.6 Å². The molecule has 0 aliphatic rings. The molecule has 0 bridgehead atoms. The van der Waals surface area contributed by atoms with Crippen molar-refractivity contribution in [3.8, 4) is 5.75 Å². The highest BCUT2D eigenvalue weighted by Gasteiger charge is 2.28. The van der Waals surface area contributed by atoms with E-state index in [-0.39, 0.29) is 18.2 Å². The predicted molar refractivity (Wildman–Crippen MR) is 63.5 cm³/mol. The summed E-state index contributed by atoms with van der Waals surface area (Å²) in [5.41, 5.74) is 6.11. The normalized spacial score (nSPS) is 12.9. The van der Waals surface area contributed by atoms with Crippen LogP contribution in [-0.4, -0.2) is 24.7 Å². The lowest BCUT2D eigenvalue weighted by molar-refractivity contribution is -0.153. The molecule has 4 nitrogen and oxygen atoms in total. The molecule has 0 aliphatic carbocycles. The van der Waals surface area contributed by atoms with Gasteiger partial charge in [0.2, 0.25) is 5.91 Å². The van der Waals surface area contributed by atoms with Crippen molar-refractivity contribution < 1.29 is 22.7 Å². The largest absolute Gasteiger partial charge is 0.484 e. The third-order valence-electron chi connectivity index (χ3n) is 2.21. The Bertz CT molecular complexity index is 416. The van der Waals surface area contributed by atoms with Crippen LogP contribution in [-0.2, 0) is 11.3 Å². The van der Waals surface area contributed by atoms with E-state index in [0.29, 0.717) is 0 Å². The molecule has 1 amide bonds. The van der Waals surface area contributed by atoms with Crippen LogP contribution in [0.1, 0.15) is 12.5 Å². The summed E-state index contributed by atoms with van der Waals surface area (Å²) in [5.74, 6) is -0.169. The lowest BCUT2D eigenvalue weighted by Gasteiger charge is -2.10. The van der Waals surface area contributed by atoms with Crippen LogP contribution in [0.2, 0.25) is 0 Å². The molecule has 1 unspecified atom stereocenters. The van der Waals surface area contributed by atoms with Gasteiger partial charge in [-0.1, -0.05) is 12.1 Å². The minimum atomic E-state index is -4.36. The Morgan fingerprint density at radius 1 is 1.37 bits per heavy atom. The van der Waals surface area contributed by atoms with Crippen molar-refractivity contribution in [3.05, 3.63) is 29.8 Å². The third kappa shape index (κ3) is 6.10. The molecule has 0 fully saturated rings. The van der Waals surface area contributed by atoms with E-state index in [1.165, 1.54) is 12.1 Å². The zero-order valence-electron chi connectivity index (χ0n) is 10.3. The van der Waals surface area contributed by atoms with Gasteiger partial charge in [0.05, 0.1) is 6.04 Å². The maximum absolute atomic E-state index is 11.9. The summed E-state index contributed by atoms with van der Waals surface area (Å²) in [6.45, 7) is 0.497. The summed E-state index contributed by atoms with van der Waals surface area (Å²) in [6.07, 6.45) is -4.36. The Hall–Kier alpha value is -1.76. The second-order valence-electron chi connectivity index (χ2n) is 4.05. The molecule has 0 spiro atoms. The molecular formula is C12H15F3N2O2. The van der Waals surface area contributed by atoms with Crippen LogP contribution in [0.25, 0.3) is 0 Å². The lowest BCUT2D eigenvalue weighted by Crippen LogP contribution is -2.37. The molecule has 1 aromatic rings. The molecule has 106 valence electrons. The van der Waals surface area contributed by atoms with Crippen molar-refractivity contribution >= 4 is 5.91 Å². The average Bonchev–Trinajstić information content (AvgIpc) is 2.33. The zero-order valence-corrected chi connectivity index (χ0v) is 10.3. The molecule has 1 atom stereocenters. The number of carbonyl (C=O) groups excluding carboxylic acids is 1. The van der Waals surface area contributed by atoms with E-state index in [2.05, 4.69) is 10.1 Å². The average molecular weight is 276 g/mol. The molecule has 0 aromatic heterocycles. The van der Waals surface area contributed by atoms with Crippen molar-refractivity contribution in [1.82, 2.24) is 5.32 Å². The van der Waals surface area contributed by atoms with Gasteiger partial charge in [-0.25, -0.2) is 0 Å². The molecule has 19 heavy (non-hydrogen) atoms. The zero-order chi connectivity index (χ0) is 14.5. The summed E-state index contributed by atoms with van der Waals surface area (Å²) >= 11 is 0. The van der Waals surface area contributed by atoms with E-state index >= 15 is 0 Å². The van der Waals surface area contributed by atoms with Gasteiger partial charge in [0.1, 0.15) is 5.75 Å². The summed E-state index contributed by atoms with van der Waals surface area (Å²) in [4.78, 5) is 11.2. The van der Waals surface area contributed by atoms with Gasteiger partial charge in [-0.2, -0.15) is 13.2 Å². The van der Waals surface area contributed by atoms with Gasteiger partial charge < -0.3 is 15.8 Å². The molecular weight excluding hydrogens is 261 g/mol. The van der Waals surface area contributed by atoms with Crippen molar-refractivity contribution in [3.63, 3.8) is 0 Å². The van der Waals surface area contributed by atoms with Gasteiger partial charge in [-0.15, -0.1) is 0 Å². The Morgan fingerprint density at radius 2 is 1.95 bits per heavy atom. The van der Waals surface area contributed by atoms with Gasteiger partial charge in [0.25, 0.3) is 0 Å². The first-order valence-corrected chi connectivity index (χ1v) is 5.60. The Balaban J connectivity index is 2.46. The number of nitrogens with one attached hydrogen (secondary N) is 1. The molecule has 0 heterocycles. The molecule has 3 N–H and O–H groups in total. The first-order valence-electron chi connectivity index (χ1n) is 5.60. The summed E-state index contributed by atoms with van der Waals surface area (Å²) < 4.78 is 40.3. The number of alkyl halides is 3. The van der Waals surface area contributed by atoms with Crippen molar-refractivity contribution in [1.29, 1.82) is 0 Å². The van der Waals surface area contributed by atoms with Gasteiger partial charge in [0, 0.05) is 6.54 Å². The third-order valence-corrected chi connectivity index (χ3v) is 2.21. The van der Waals surface area contributed by atoms with E-state index in [4.69, 9.17) is 5.73 Å². The summed E-state index contributed by atoms with van der Waals surface area (Å²) in [6, 6.07) is 5.38. The van der Waals surface area contributed by atoms with Gasteiger partial charge >= 0.3 is 6.18 Å². The second kappa shape index (κ2) is 6.42. The highest BCUT2D eigenvalue weighted by molar-refractivity contribution is 5.80. The van der Waals surface area contributed by atoms with Crippen LogP contribution in [0.4, 0.5) is 13.2 Å². The number of carbonyl (C=O) groups is 1. The first kappa shape index (κ1) is 15.3. The smallest absolute Gasteiger partial charge is 0.422 e. The number of hydrogen-bond acceptors (Lipinski definition) is 3. The molecule has 1 aromatic carbocycles. The van der Waals surface area contributed by atoms with E-state index in [0.717, 1.165) is 5.56 Å². The van der Waals surface area contributed by atoms with E-state index < -0.39 is 18.8 Å². The maximum Gasteiger partial charge on any atom is 0.422 e. The van der Waals surface area contributed by atoms with E-state index in [1.54, 1.807) is 19.1 Å². The Morgan fingerprint density at radius 3 is 2.42 bits per heavy atom. The number of rotatable bonds is 5. The fourth-order valence-corrected chi connectivity index (χ4v) is 1.22. The Labute approximate surface area is 108 Å². The highest BCUT2D eigenvalue weighted by Crippen LogP contribution is 2.18. The van der Waals surface area contributed by atoms with Crippen LogP contribution >= 0.6 is 0 Å². The highest BCUT2D eigenvalue weighted by atomic mass is 19.4. The topological polar surface area (TPSA) is 64.4 Å². The minimum absolute atomic E-state index is 0.125. The van der Waals surface area contributed by atoms with Crippen LogP contribution in [0.5, 0.6) is 5.75 Å². The number of amides is 1. The number of ether oxygens (including phenoxy) is 1. The number of halogens is 3. The number of hydrogen-bond donors (Lipinski definition) is 2. The Kier molecular flexibility index (Phi) is 5.17. The second-order valence-corrected chi connectivity index (χ2v) is 4.05. The predicted octanol–water partition coefficient (Wildman–Crippen LogP) is 1.59. The fourth-order valence-electron chi connectivity index (χ4n) is 1.22. The quantitative estimate of drug-likeness (QED) is 0.858. The SMILES string of the molecule is CC(N)C(=O)NCc1ccc(OCC(F)(F)F)cc1. The minimum Gasteiger partial charge on any atom is -0.484 e. The first-order chi connectivity index (χ1) is 8.78. The maximum atomic E-state index is 11.9. The fraction of sp³-hybridized carbons (Fsp3) is 0.417. The van der Waals surface area contributed by atoms with Crippen molar-refractivity contribution in [2.24, 2.45) is 5.73 Å². The monoisotopic (exact) mass is 276 g/mol. The molecule has 1 rings (SSSR count). The molecule has 0 saturated carbocycles. The summed E-state index contributed by atoms with van der Waals surface area (Å²) in [5, 5.41) is 2.59. The molecule has 0 saturated heterocycles. The molecule has 0 aliphatic heterocycles. The van der Waals surface area contributed by atoms with E-state index in [9.17, 15) is 18.0 Å². The summed E-state index contributed by atoms with van der Waals surface area (Å²) in [7, 11) is 0. The molecule has 7 heteroatoms. The van der Waals surface area contributed by atoms with Gasteiger partial charge in [-0.3, -0.25) is 4.79 Å². The van der Waals surface area contributed by atoms with Crippen LogP contribution in [0.3, 0.4) is 0 Å². The van der Waals surface area contributed by atoms with Gasteiger partial charge in [0.15, 0.2) is 6.61 Å².